The molecule has 0 N–H and O–H groups in total. The van der Waals surface area contributed by atoms with Crippen LogP contribution in [0.5, 0.6) is 0 Å². The molecule has 0 aliphatic rings. The zero-order valence-corrected chi connectivity index (χ0v) is 15.5. The van der Waals surface area contributed by atoms with Gasteiger partial charge >= 0.3 is 0 Å². The van der Waals surface area contributed by atoms with Crippen molar-refractivity contribution in [1.82, 2.24) is 14.5 Å². The Hall–Kier alpha value is -2.22. The average molecular weight is 433 g/mol. The molecular formula is C18H16IN3O2. The summed E-state index contributed by atoms with van der Waals surface area (Å²) in [5.41, 5.74) is 2.21. The minimum atomic E-state index is -0.0630. The van der Waals surface area contributed by atoms with Gasteiger partial charge in [0.2, 0.25) is 0 Å². The van der Waals surface area contributed by atoms with Crippen molar-refractivity contribution in [2.75, 3.05) is 14.1 Å². The van der Waals surface area contributed by atoms with Crippen LogP contribution in [0.1, 0.15) is 15.9 Å². The van der Waals surface area contributed by atoms with E-state index in [1.807, 2.05) is 30.3 Å². The quantitative estimate of drug-likeness (QED) is 0.598. The van der Waals surface area contributed by atoms with Gasteiger partial charge in [0.05, 0.1) is 23.8 Å². The van der Waals surface area contributed by atoms with Crippen molar-refractivity contribution >= 4 is 39.4 Å². The fourth-order valence-corrected chi connectivity index (χ4v) is 2.94. The number of nitrogens with zero attached hydrogens (tertiary/aromatic N) is 3. The first kappa shape index (κ1) is 16.6. The molecule has 24 heavy (non-hydrogen) atoms. The minimum absolute atomic E-state index is 0.0411. The minimum Gasteiger partial charge on any atom is -0.345 e. The molecule has 6 heteroatoms. The predicted octanol–water partition coefficient (Wildman–Crippen LogP) is 2.75. The third kappa shape index (κ3) is 3.33. The van der Waals surface area contributed by atoms with Crippen molar-refractivity contribution in [3.63, 3.8) is 0 Å². The van der Waals surface area contributed by atoms with Crippen LogP contribution in [0.2, 0.25) is 0 Å². The zero-order valence-electron chi connectivity index (χ0n) is 13.4. The molecule has 0 unspecified atom stereocenters. The second kappa shape index (κ2) is 6.72. The largest absolute Gasteiger partial charge is 0.345 e. The van der Waals surface area contributed by atoms with Crippen molar-refractivity contribution in [2.24, 2.45) is 0 Å². The highest BCUT2D eigenvalue weighted by atomic mass is 127. The third-order valence-electron chi connectivity index (χ3n) is 3.75. The van der Waals surface area contributed by atoms with Crippen LogP contribution in [0.15, 0.2) is 53.6 Å². The lowest BCUT2D eigenvalue weighted by Crippen LogP contribution is -2.22. The zero-order chi connectivity index (χ0) is 17.3. The van der Waals surface area contributed by atoms with Crippen molar-refractivity contribution in [2.45, 2.75) is 6.54 Å². The van der Waals surface area contributed by atoms with Crippen molar-refractivity contribution < 1.29 is 4.79 Å². The Kier molecular flexibility index (Phi) is 4.66. The van der Waals surface area contributed by atoms with E-state index >= 15 is 0 Å². The van der Waals surface area contributed by atoms with Gasteiger partial charge in [-0.15, -0.1) is 0 Å². The summed E-state index contributed by atoms with van der Waals surface area (Å²) in [4.78, 5) is 30.4. The lowest BCUT2D eigenvalue weighted by molar-refractivity contribution is 0.0827. The number of carbonyl (C=O) groups excluding carboxylic acids is 1. The Bertz CT molecular complexity index is 962. The van der Waals surface area contributed by atoms with Gasteiger partial charge in [-0.25, -0.2) is 4.98 Å². The van der Waals surface area contributed by atoms with E-state index < -0.39 is 0 Å². The smallest absolute Gasteiger partial charge is 0.261 e. The van der Waals surface area contributed by atoms with Crippen LogP contribution >= 0.6 is 22.6 Å². The van der Waals surface area contributed by atoms with Gasteiger partial charge in [-0.2, -0.15) is 0 Å². The lowest BCUT2D eigenvalue weighted by Gasteiger charge is -2.11. The topological polar surface area (TPSA) is 55.2 Å². The Morgan fingerprint density at radius 1 is 1.17 bits per heavy atom. The van der Waals surface area contributed by atoms with E-state index in [1.54, 1.807) is 37.1 Å². The number of carbonyl (C=O) groups is 1. The summed E-state index contributed by atoms with van der Waals surface area (Å²) in [5.74, 6) is -0.0411. The summed E-state index contributed by atoms with van der Waals surface area (Å²) >= 11 is 2.18. The standard InChI is InChI=1S/C18H16IN3O2/c1-21(2)17(23)13-5-3-12(4-6-13)10-22-11-20-16-8-7-14(19)9-15(16)18(22)24/h3-9,11H,10H2,1-2H3. The van der Waals surface area contributed by atoms with E-state index in [0.717, 1.165) is 9.13 Å². The molecule has 0 fully saturated rings. The van der Waals surface area contributed by atoms with Gasteiger partial charge in [0.1, 0.15) is 0 Å². The fourth-order valence-electron chi connectivity index (χ4n) is 2.45. The van der Waals surface area contributed by atoms with E-state index in [2.05, 4.69) is 27.6 Å². The van der Waals surface area contributed by atoms with E-state index in [9.17, 15) is 9.59 Å². The molecule has 1 aromatic heterocycles. The molecule has 3 aromatic rings. The number of aromatic nitrogens is 2. The van der Waals surface area contributed by atoms with E-state index in [0.29, 0.717) is 23.0 Å². The molecule has 122 valence electrons. The molecular weight excluding hydrogens is 417 g/mol. The number of hydrogen-bond donors (Lipinski definition) is 0. The summed E-state index contributed by atoms with van der Waals surface area (Å²) in [7, 11) is 3.44. The Labute approximate surface area is 153 Å². The Morgan fingerprint density at radius 3 is 2.54 bits per heavy atom. The molecule has 0 atom stereocenters. The Balaban J connectivity index is 1.91. The van der Waals surface area contributed by atoms with Crippen LogP contribution in [0, 0.1) is 3.57 Å². The summed E-state index contributed by atoms with van der Waals surface area (Å²) in [6, 6.07) is 12.9. The number of halogens is 1. The number of fused-ring (bicyclic) bond motifs is 1. The molecule has 0 aliphatic heterocycles. The van der Waals surface area contributed by atoms with Crippen molar-refractivity contribution in [3.8, 4) is 0 Å². The van der Waals surface area contributed by atoms with Crippen LogP contribution < -0.4 is 5.56 Å². The average Bonchev–Trinajstić information content (AvgIpc) is 2.58. The summed E-state index contributed by atoms with van der Waals surface area (Å²) in [5, 5.41) is 0.615. The van der Waals surface area contributed by atoms with E-state index in [4.69, 9.17) is 0 Å². The Morgan fingerprint density at radius 2 is 1.88 bits per heavy atom. The fraction of sp³-hybridized carbons (Fsp3) is 0.167. The second-order valence-corrected chi connectivity index (χ2v) is 6.98. The molecule has 1 amide bonds. The van der Waals surface area contributed by atoms with Gasteiger partial charge < -0.3 is 4.90 Å². The van der Waals surface area contributed by atoms with Crippen LogP contribution in [-0.4, -0.2) is 34.5 Å². The van der Waals surface area contributed by atoms with Crippen LogP contribution in [0.25, 0.3) is 10.9 Å². The monoisotopic (exact) mass is 433 g/mol. The van der Waals surface area contributed by atoms with E-state index in [-0.39, 0.29) is 11.5 Å². The molecule has 0 saturated carbocycles. The van der Waals surface area contributed by atoms with Crippen LogP contribution in [-0.2, 0) is 6.54 Å². The lowest BCUT2D eigenvalue weighted by atomic mass is 10.1. The van der Waals surface area contributed by atoms with Crippen molar-refractivity contribution in [1.29, 1.82) is 0 Å². The highest BCUT2D eigenvalue weighted by Crippen LogP contribution is 2.12. The number of benzene rings is 2. The van der Waals surface area contributed by atoms with Gasteiger partial charge in [0.25, 0.3) is 11.5 Å². The number of hydrogen-bond acceptors (Lipinski definition) is 3. The summed E-state index contributed by atoms with van der Waals surface area (Å²) < 4.78 is 2.59. The molecule has 0 radical (unpaired) electrons. The maximum absolute atomic E-state index is 12.6. The van der Waals surface area contributed by atoms with Gasteiger partial charge in [-0.3, -0.25) is 14.2 Å². The molecule has 2 aromatic carbocycles. The molecule has 0 bridgehead atoms. The first-order valence-corrected chi connectivity index (χ1v) is 8.49. The second-order valence-electron chi connectivity index (χ2n) is 5.74. The SMILES string of the molecule is CN(C)C(=O)c1ccc(Cn2cnc3ccc(I)cc3c2=O)cc1. The van der Waals surface area contributed by atoms with Crippen LogP contribution in [0.4, 0.5) is 0 Å². The molecule has 0 spiro atoms. The normalized spacial score (nSPS) is 10.8. The van der Waals surface area contributed by atoms with Gasteiger partial charge in [-0.1, -0.05) is 12.1 Å². The maximum Gasteiger partial charge on any atom is 0.261 e. The van der Waals surface area contributed by atoms with Gasteiger partial charge in [0.15, 0.2) is 0 Å². The summed E-state index contributed by atoms with van der Waals surface area (Å²) in [6.07, 6.45) is 1.57. The molecule has 0 aliphatic carbocycles. The highest BCUT2D eigenvalue weighted by molar-refractivity contribution is 14.1. The highest BCUT2D eigenvalue weighted by Gasteiger charge is 2.09. The van der Waals surface area contributed by atoms with Crippen molar-refractivity contribution in [3.05, 3.63) is 73.8 Å². The number of amides is 1. The first-order valence-electron chi connectivity index (χ1n) is 7.41. The van der Waals surface area contributed by atoms with E-state index in [1.165, 1.54) is 4.90 Å². The molecule has 5 nitrogen and oxygen atoms in total. The third-order valence-corrected chi connectivity index (χ3v) is 4.42. The summed E-state index contributed by atoms with van der Waals surface area (Å²) in [6.45, 7) is 0.420. The molecule has 3 rings (SSSR count). The molecule has 1 heterocycles. The van der Waals surface area contributed by atoms with Gasteiger partial charge in [-0.05, 0) is 58.5 Å². The predicted molar refractivity (Wildman–Crippen MR) is 102 cm³/mol. The van der Waals surface area contributed by atoms with Crippen LogP contribution in [0.3, 0.4) is 0 Å². The number of rotatable bonds is 3. The molecule has 0 saturated heterocycles. The maximum atomic E-state index is 12.6. The first-order chi connectivity index (χ1) is 11.5. The van der Waals surface area contributed by atoms with Gasteiger partial charge in [0, 0.05) is 23.2 Å².